The van der Waals surface area contributed by atoms with Crippen molar-refractivity contribution >= 4 is 5.97 Å². The molecule has 0 aromatic rings. The van der Waals surface area contributed by atoms with E-state index in [4.69, 9.17) is 37.9 Å². The average molecular weight is 1080 g/mol. The standard InChI is InChI=1S/C53H86O22/c1-48(2)14-16-53(47(67)75-45-39(65)36(62)33(59)27(20-55)70-45)17-15-51(6)23(24(53)18-48)8-9-30-50(5)12-11-31(49(3,4)29(50)10-13-52(30,51)7)72-43-40(66)41(25(57)22-68-43)73-46-42(37(63)34(60)28(21-56)71-46)74-44-38(64)35(61)32(58)26(19-54)69-44/h8,24-46,54-66H,9-22H2,1-7H3/t24-,25+,26-,27-,28-,29+,30-,31+,32-,33-,34-,35+,36+,37+,38-,39-,40-,41+,42-,43+,44+,45+,46+,50+,51-,52-,53+/m1/s1. The lowest BCUT2D eigenvalue weighted by Crippen LogP contribution is -2.67. The van der Waals surface area contributed by atoms with Crippen molar-refractivity contribution in [2.75, 3.05) is 26.4 Å². The summed E-state index contributed by atoms with van der Waals surface area (Å²) in [5.74, 6) is -0.257. The number of ether oxygens (including phenoxy) is 8. The fourth-order valence-corrected chi connectivity index (χ4v) is 16.2. The number of aliphatic hydroxyl groups excluding tert-OH is 13. The van der Waals surface area contributed by atoms with Crippen LogP contribution in [-0.2, 0) is 42.7 Å². The molecule has 22 nitrogen and oxygen atoms in total. The van der Waals surface area contributed by atoms with E-state index in [0.717, 1.165) is 44.9 Å². The fourth-order valence-electron chi connectivity index (χ4n) is 16.2. The summed E-state index contributed by atoms with van der Waals surface area (Å²) in [5.41, 5.74) is -0.804. The van der Waals surface area contributed by atoms with E-state index >= 15 is 0 Å². The molecule has 9 rings (SSSR count). The summed E-state index contributed by atoms with van der Waals surface area (Å²) < 4.78 is 47.7. The number of esters is 1. The number of hydrogen-bond acceptors (Lipinski definition) is 22. The van der Waals surface area contributed by atoms with E-state index in [0.29, 0.717) is 19.3 Å². The van der Waals surface area contributed by atoms with E-state index in [1.54, 1.807) is 0 Å². The number of fused-ring (bicyclic) bond motifs is 7. The van der Waals surface area contributed by atoms with E-state index in [9.17, 15) is 71.2 Å². The van der Waals surface area contributed by atoms with Gasteiger partial charge < -0.3 is 104 Å². The summed E-state index contributed by atoms with van der Waals surface area (Å²) >= 11 is 0. The van der Waals surface area contributed by atoms with E-state index < -0.39 is 159 Å². The molecule has 0 unspecified atom stereocenters. The predicted octanol–water partition coefficient (Wildman–Crippen LogP) is -1.40. The van der Waals surface area contributed by atoms with Crippen molar-refractivity contribution in [2.45, 2.75) is 235 Å². The summed E-state index contributed by atoms with van der Waals surface area (Å²) in [6.45, 7) is 13.5. The van der Waals surface area contributed by atoms with E-state index in [2.05, 4.69) is 54.5 Å². The maximum atomic E-state index is 14.7. The molecule has 430 valence electrons. The third-order valence-corrected chi connectivity index (χ3v) is 21.0. The second-order valence-corrected chi connectivity index (χ2v) is 25.8. The average Bonchev–Trinajstić information content (AvgIpc) is 3.36. The molecule has 0 bridgehead atoms. The Kier molecular flexibility index (Phi) is 16.3. The van der Waals surface area contributed by atoms with Crippen LogP contribution in [0.3, 0.4) is 0 Å². The van der Waals surface area contributed by atoms with Crippen LogP contribution in [-0.4, -0.2) is 222 Å². The lowest BCUT2D eigenvalue weighted by Gasteiger charge is -2.71. The van der Waals surface area contributed by atoms with Gasteiger partial charge in [-0.3, -0.25) is 4.79 Å². The van der Waals surface area contributed by atoms with Gasteiger partial charge in [0.2, 0.25) is 6.29 Å². The Morgan fingerprint density at radius 3 is 1.76 bits per heavy atom. The van der Waals surface area contributed by atoms with Crippen LogP contribution in [0, 0.1) is 50.2 Å². The third-order valence-electron chi connectivity index (χ3n) is 21.0. The quantitative estimate of drug-likeness (QED) is 0.0643. The molecule has 5 aliphatic carbocycles. The molecule has 13 N–H and O–H groups in total. The Labute approximate surface area is 437 Å². The second-order valence-electron chi connectivity index (χ2n) is 25.8. The van der Waals surface area contributed by atoms with Gasteiger partial charge in [0.15, 0.2) is 18.9 Å². The van der Waals surface area contributed by atoms with Crippen LogP contribution in [0.25, 0.3) is 0 Å². The summed E-state index contributed by atoms with van der Waals surface area (Å²) in [6, 6.07) is 0. The normalized spacial score (nSPS) is 53.5. The molecule has 0 amide bonds. The van der Waals surface area contributed by atoms with Crippen LogP contribution in [0.5, 0.6) is 0 Å². The minimum absolute atomic E-state index is 0.0762. The minimum atomic E-state index is -1.90. The molecule has 0 aromatic carbocycles. The number of carbonyl (C=O) groups is 1. The first kappa shape index (κ1) is 58.1. The second kappa shape index (κ2) is 21.1. The topological polar surface area (TPSA) is 354 Å². The molecule has 0 spiro atoms. The monoisotopic (exact) mass is 1070 g/mol. The number of carbonyl (C=O) groups excluding carboxylic acids is 1. The highest BCUT2D eigenvalue weighted by molar-refractivity contribution is 5.79. The summed E-state index contributed by atoms with van der Waals surface area (Å²) in [6.07, 6.45) is -21.5. The van der Waals surface area contributed by atoms with Crippen molar-refractivity contribution in [3.8, 4) is 0 Å². The van der Waals surface area contributed by atoms with Gasteiger partial charge >= 0.3 is 5.97 Å². The zero-order valence-electron chi connectivity index (χ0n) is 44.2. The summed E-state index contributed by atoms with van der Waals surface area (Å²) in [4.78, 5) is 14.7. The maximum absolute atomic E-state index is 14.7. The van der Waals surface area contributed by atoms with Crippen molar-refractivity contribution in [1.29, 1.82) is 0 Å². The van der Waals surface area contributed by atoms with Crippen molar-refractivity contribution in [2.24, 2.45) is 50.2 Å². The lowest BCUT2D eigenvalue weighted by atomic mass is 9.33. The Balaban J connectivity index is 0.914. The zero-order chi connectivity index (χ0) is 54.7. The van der Waals surface area contributed by atoms with Gasteiger partial charge in [-0.1, -0.05) is 60.1 Å². The largest absolute Gasteiger partial charge is 0.432 e. The molecule has 4 aliphatic heterocycles. The van der Waals surface area contributed by atoms with Crippen LogP contribution < -0.4 is 0 Å². The highest BCUT2D eigenvalue weighted by Gasteiger charge is 2.70. The summed E-state index contributed by atoms with van der Waals surface area (Å²) in [7, 11) is 0. The summed E-state index contributed by atoms with van der Waals surface area (Å²) in [5, 5.41) is 138. The minimum Gasteiger partial charge on any atom is -0.432 e. The first-order chi connectivity index (χ1) is 35.1. The van der Waals surface area contributed by atoms with Crippen molar-refractivity contribution < 1.29 is 109 Å². The van der Waals surface area contributed by atoms with E-state index in [1.165, 1.54) is 5.57 Å². The first-order valence-electron chi connectivity index (χ1n) is 27.2. The van der Waals surface area contributed by atoms with Gasteiger partial charge in [0.05, 0.1) is 37.9 Å². The van der Waals surface area contributed by atoms with Gasteiger partial charge in [-0.2, -0.15) is 0 Å². The zero-order valence-corrected chi connectivity index (χ0v) is 44.2. The smallest absolute Gasteiger partial charge is 0.315 e. The molecule has 0 radical (unpaired) electrons. The van der Waals surface area contributed by atoms with Crippen LogP contribution >= 0.6 is 0 Å². The molecule has 75 heavy (non-hydrogen) atoms. The van der Waals surface area contributed by atoms with Crippen LogP contribution in [0.15, 0.2) is 11.6 Å². The van der Waals surface area contributed by atoms with Crippen molar-refractivity contribution in [3.05, 3.63) is 11.6 Å². The highest BCUT2D eigenvalue weighted by Crippen LogP contribution is 2.76. The predicted molar refractivity (Wildman–Crippen MR) is 257 cm³/mol. The lowest BCUT2D eigenvalue weighted by molar-refractivity contribution is -0.387. The Morgan fingerprint density at radius 1 is 0.573 bits per heavy atom. The number of rotatable bonds is 11. The Bertz CT molecular complexity index is 2060. The van der Waals surface area contributed by atoms with Gasteiger partial charge in [-0.25, -0.2) is 0 Å². The van der Waals surface area contributed by atoms with Crippen molar-refractivity contribution in [3.63, 3.8) is 0 Å². The molecular formula is C53H86O22. The van der Waals surface area contributed by atoms with E-state index in [1.807, 2.05) is 0 Å². The van der Waals surface area contributed by atoms with Gasteiger partial charge in [-0.05, 0) is 109 Å². The van der Waals surface area contributed by atoms with Crippen LogP contribution in [0.2, 0.25) is 0 Å². The molecule has 4 saturated heterocycles. The fraction of sp³-hybridized carbons (Fsp3) is 0.943. The molecule has 4 saturated carbocycles. The maximum Gasteiger partial charge on any atom is 0.315 e. The molecule has 4 heterocycles. The Hall–Kier alpha value is -1.59. The number of allylic oxidation sites excluding steroid dienone is 2. The molecule has 8 fully saturated rings. The number of hydrogen-bond donors (Lipinski definition) is 13. The van der Waals surface area contributed by atoms with Crippen LogP contribution in [0.4, 0.5) is 0 Å². The van der Waals surface area contributed by atoms with E-state index in [-0.39, 0.29) is 46.0 Å². The van der Waals surface area contributed by atoms with Gasteiger partial charge in [0.1, 0.15) is 91.6 Å². The van der Waals surface area contributed by atoms with Gasteiger partial charge in [0, 0.05) is 0 Å². The Morgan fingerprint density at radius 2 is 1.13 bits per heavy atom. The molecule has 0 aromatic heterocycles. The van der Waals surface area contributed by atoms with Crippen LogP contribution in [0.1, 0.15) is 113 Å². The molecular weight excluding hydrogens is 989 g/mol. The SMILES string of the molecule is CC1(C)CC[C@]2(C(=O)O[C@@H]3O[C@H](CO)[C@@H](O)[C@H](O)[C@H]3O)CC[C@]3(C)C(=CC[C@@H]4[C@@]5(C)CC[C@H](O[C@@H]6OC[C@H](O)[C@H](O[C@@H]7O[C@H](CO)[C@@H](O)[C@H](O)[C@H]7O[C@@H]7O[C@H](CO)[C@@H](O)[C@H](O)[C@H]7O)[C@H]6O)C(C)(C)[C@@H]5CC[C@]43C)[C@H]2C1. The third kappa shape index (κ3) is 9.50. The number of aliphatic hydroxyl groups is 13. The molecule has 22 heteroatoms. The first-order valence-corrected chi connectivity index (χ1v) is 27.2. The van der Waals surface area contributed by atoms with Gasteiger partial charge in [0.25, 0.3) is 0 Å². The molecule has 9 aliphatic rings. The molecule has 27 atom stereocenters. The highest BCUT2D eigenvalue weighted by atomic mass is 16.8. The van der Waals surface area contributed by atoms with Crippen molar-refractivity contribution in [1.82, 2.24) is 0 Å². The van der Waals surface area contributed by atoms with Gasteiger partial charge in [-0.15, -0.1) is 0 Å².